The topological polar surface area (TPSA) is 163 Å². The summed E-state index contributed by atoms with van der Waals surface area (Å²) in [7, 11) is -38.3. The van der Waals surface area contributed by atoms with Crippen molar-refractivity contribution in [1.82, 2.24) is 0 Å². The van der Waals surface area contributed by atoms with E-state index < -0.39 is 131 Å². The van der Waals surface area contributed by atoms with Crippen LogP contribution in [0.25, 0.3) is 0 Å². The van der Waals surface area contributed by atoms with E-state index in [9.17, 15) is 9.59 Å². The molecule has 70 heavy (non-hydrogen) atoms. The molecule has 0 amide bonds. The maximum atomic E-state index is 13.1. The second-order valence-electron chi connectivity index (χ2n) is 27.6. The zero-order chi connectivity index (χ0) is 55.7. The molecule has 0 fully saturated rings. The molecule has 0 aromatic rings. The highest BCUT2D eigenvalue weighted by atomic mass is 28.6. The van der Waals surface area contributed by atoms with Crippen LogP contribution in [0.3, 0.4) is 0 Å². The molecule has 0 heterocycles. The number of ether oxygens (including phenoxy) is 2. The van der Waals surface area contributed by atoms with Crippen LogP contribution in [0.1, 0.15) is 12.8 Å². The molecule has 416 valence electrons. The van der Waals surface area contributed by atoms with Crippen LogP contribution >= 0.6 is 0 Å². The van der Waals surface area contributed by atoms with Crippen LogP contribution in [0.2, 0.25) is 208 Å². The molecule has 0 spiro atoms. The molecule has 0 saturated heterocycles. The number of carbonyl (C=O) groups is 2. The third-order valence-corrected chi connectivity index (χ3v) is 49.0. The lowest BCUT2D eigenvalue weighted by Gasteiger charge is -2.47. The highest BCUT2D eigenvalue weighted by Crippen LogP contribution is 2.37. The quantitative estimate of drug-likeness (QED) is 0.0258. The van der Waals surface area contributed by atoms with E-state index in [-0.39, 0.29) is 13.2 Å². The maximum Gasteiger partial charge on any atom is 0.640 e. The van der Waals surface area contributed by atoms with Gasteiger partial charge in [-0.15, -0.1) is 0 Å². The van der Waals surface area contributed by atoms with Crippen molar-refractivity contribution in [1.29, 1.82) is 0 Å². The average Bonchev–Trinajstić information content (AvgIpc) is 2.95. The van der Waals surface area contributed by atoms with Gasteiger partial charge in [-0.1, -0.05) is 0 Å². The fraction of sp³-hybridized carbons (Fsp3) is 0.900. The Hall–Kier alpha value is 1.24. The molecule has 0 atom stereocenters. The van der Waals surface area contributed by atoms with Crippen molar-refractivity contribution >= 4 is 131 Å². The van der Waals surface area contributed by atoms with Gasteiger partial charge in [0.2, 0.25) is 0 Å². The first-order chi connectivity index (χ1) is 30.5. The Labute approximate surface area is 442 Å². The molecule has 0 rings (SSSR count). The van der Waals surface area contributed by atoms with E-state index in [0.717, 1.165) is 12.2 Å². The third kappa shape index (κ3) is 36.3. The van der Waals surface area contributed by atoms with Crippen LogP contribution in [-0.4, -0.2) is 144 Å². The number of hydrogen-bond acceptors (Lipinski definition) is 16. The van der Waals surface area contributed by atoms with Crippen molar-refractivity contribution in [2.24, 2.45) is 0 Å². The van der Waals surface area contributed by atoms with E-state index in [1.165, 1.54) is 0 Å². The fourth-order valence-corrected chi connectivity index (χ4v) is 55.7. The van der Waals surface area contributed by atoms with Crippen molar-refractivity contribution in [3.8, 4) is 0 Å². The summed E-state index contributed by atoms with van der Waals surface area (Å²) in [6.07, 6.45) is 2.91. The Morgan fingerprint density at radius 3 is 0.600 bits per heavy atom. The van der Waals surface area contributed by atoms with E-state index in [2.05, 4.69) is 196 Å². The van der Waals surface area contributed by atoms with Crippen molar-refractivity contribution in [2.75, 3.05) is 13.2 Å². The normalized spacial score (nSPS) is 15.2. The summed E-state index contributed by atoms with van der Waals surface area (Å²) in [4.78, 5) is 26.2. The molecule has 0 saturated carbocycles. The molecule has 0 unspecified atom stereocenters. The Kier molecular flexibility index (Phi) is 26.7. The second kappa shape index (κ2) is 26.3. The summed E-state index contributed by atoms with van der Waals surface area (Å²) >= 11 is 0. The zero-order valence-electron chi connectivity index (χ0n) is 49.9. The standard InChI is InChI=1S/C40H104O16Si14/c1-57(2,3)45-67(46-58(4,5)6,55-69(49-61(13,14)15,50-62(16,17)18)51-63(19,20)21)37-31-35-43-39(41)33-34-40(42)44-36-32-38-68(47-59(7,8)9,48-60(10,11)12)56-70(52-64(22,23)24,53-65(25,26)27)54-66(28,29)30/h33-34H,31-32,35-38H2,1-30H3/b34-33+. The van der Waals surface area contributed by atoms with Crippen LogP contribution < -0.4 is 0 Å². The van der Waals surface area contributed by atoms with Crippen LogP contribution in [0.5, 0.6) is 0 Å². The van der Waals surface area contributed by atoms with Crippen molar-refractivity contribution in [3.05, 3.63) is 12.2 Å². The lowest BCUT2D eigenvalue weighted by Crippen LogP contribution is -2.70. The zero-order valence-corrected chi connectivity index (χ0v) is 63.9. The first-order valence-corrected chi connectivity index (χ1v) is 66.1. The van der Waals surface area contributed by atoms with Gasteiger partial charge in [-0.3, -0.25) is 0 Å². The van der Waals surface area contributed by atoms with Gasteiger partial charge in [-0.05, 0) is 209 Å². The molecule has 0 aromatic heterocycles. The lowest BCUT2D eigenvalue weighted by molar-refractivity contribution is -0.140. The Morgan fingerprint density at radius 2 is 0.443 bits per heavy atom. The maximum absolute atomic E-state index is 13.1. The molecule has 30 heteroatoms. The molecule has 0 aliphatic rings. The molecular weight excluding hydrogens is 1130 g/mol. The summed E-state index contributed by atoms with van der Waals surface area (Å²) in [5.74, 6) is -1.37. The van der Waals surface area contributed by atoms with Gasteiger partial charge < -0.3 is 58.9 Å². The Balaban J connectivity index is 6.59. The molecule has 0 N–H and O–H groups in total. The first kappa shape index (κ1) is 71.2. The highest BCUT2D eigenvalue weighted by Gasteiger charge is 2.64. The van der Waals surface area contributed by atoms with Crippen molar-refractivity contribution in [2.45, 2.75) is 221 Å². The van der Waals surface area contributed by atoms with E-state index in [4.69, 9.17) is 58.9 Å². The van der Waals surface area contributed by atoms with Gasteiger partial charge in [0.05, 0.1) is 13.2 Å². The van der Waals surface area contributed by atoms with Gasteiger partial charge >= 0.3 is 47.6 Å². The molecule has 0 bridgehead atoms. The third-order valence-electron chi connectivity index (χ3n) is 7.09. The lowest BCUT2D eigenvalue weighted by atomic mass is 10.4. The van der Waals surface area contributed by atoms with E-state index in [1.807, 2.05) is 0 Å². The van der Waals surface area contributed by atoms with Crippen LogP contribution in [0.15, 0.2) is 12.2 Å². The molecule has 0 aromatic carbocycles. The molecule has 0 aliphatic heterocycles. The molecular formula is C40H104O16Si14. The van der Waals surface area contributed by atoms with Gasteiger partial charge in [0.15, 0.2) is 83.2 Å². The van der Waals surface area contributed by atoms with Gasteiger partial charge in [0.1, 0.15) is 0 Å². The Morgan fingerprint density at radius 1 is 0.271 bits per heavy atom. The van der Waals surface area contributed by atoms with E-state index >= 15 is 0 Å². The summed E-state index contributed by atoms with van der Waals surface area (Å²) in [5, 5.41) is 0. The van der Waals surface area contributed by atoms with E-state index in [1.54, 1.807) is 0 Å². The summed E-state index contributed by atoms with van der Waals surface area (Å²) in [5.41, 5.74) is 0. The molecule has 0 aliphatic carbocycles. The highest BCUT2D eigenvalue weighted by molar-refractivity contribution is 6.95. The van der Waals surface area contributed by atoms with Gasteiger partial charge in [-0.2, -0.15) is 0 Å². The van der Waals surface area contributed by atoms with Crippen LogP contribution in [-0.2, 0) is 68.4 Å². The van der Waals surface area contributed by atoms with Crippen molar-refractivity contribution < 1.29 is 68.4 Å². The number of carbonyl (C=O) groups excluding carboxylic acids is 2. The minimum atomic E-state index is -3.88. The fourth-order valence-electron chi connectivity index (χ4n) is 6.33. The van der Waals surface area contributed by atoms with Gasteiger partial charge in [0.25, 0.3) is 0 Å². The Bertz CT molecular complexity index is 1420. The summed E-state index contributed by atoms with van der Waals surface area (Å²) < 4.78 is 95.7. The minimum Gasteiger partial charge on any atom is -0.463 e. The number of hydrogen-bond donors (Lipinski definition) is 0. The first-order valence-electron chi connectivity index (χ1n) is 24.9. The second-order valence-corrected chi connectivity index (χ2v) is 85.4. The van der Waals surface area contributed by atoms with Crippen LogP contribution in [0, 0.1) is 0 Å². The van der Waals surface area contributed by atoms with Crippen LogP contribution in [0.4, 0.5) is 0 Å². The van der Waals surface area contributed by atoms with Gasteiger partial charge in [0, 0.05) is 24.2 Å². The SMILES string of the molecule is C[Si](C)(C)O[Si](CCCOC(=O)/C=C/C(=O)OCCC[Si](O[Si](C)(C)C)(O[Si](C)(C)C)O[Si](O[Si](C)(C)C)(O[Si](C)(C)C)O[Si](C)(C)C)(O[Si](C)(C)C)O[Si](O[Si](C)(C)C)(O[Si](C)(C)C)O[Si](C)(C)C. The van der Waals surface area contributed by atoms with Crippen molar-refractivity contribution in [3.63, 3.8) is 0 Å². The number of rotatable bonds is 34. The molecule has 0 radical (unpaired) electrons. The number of esters is 2. The predicted octanol–water partition coefficient (Wildman–Crippen LogP) is 12.7. The minimum absolute atomic E-state index is 0.0313. The summed E-state index contributed by atoms with van der Waals surface area (Å²) in [6.45, 7) is 63.2. The average molecular weight is 1230 g/mol. The smallest absolute Gasteiger partial charge is 0.463 e. The van der Waals surface area contributed by atoms with Gasteiger partial charge in [-0.25, -0.2) is 9.59 Å². The monoisotopic (exact) mass is 1230 g/mol. The largest absolute Gasteiger partial charge is 0.640 e. The molecule has 16 nitrogen and oxygen atoms in total. The summed E-state index contributed by atoms with van der Waals surface area (Å²) in [6, 6.07) is 0.683. The van der Waals surface area contributed by atoms with E-state index in [0.29, 0.717) is 24.9 Å². The predicted molar refractivity (Wildman–Crippen MR) is 319 cm³/mol.